The lowest BCUT2D eigenvalue weighted by Crippen LogP contribution is -2.51. The van der Waals surface area contributed by atoms with Gasteiger partial charge in [-0.15, -0.1) is 0 Å². The molecule has 2 amide bonds. The number of carbonyl (C=O) groups is 2. The number of benzene rings is 1. The van der Waals surface area contributed by atoms with Gasteiger partial charge >= 0.3 is 0 Å². The van der Waals surface area contributed by atoms with Crippen LogP contribution in [0.4, 0.5) is 0 Å². The monoisotopic (exact) mass is 524 g/mol. The number of amides is 2. The standard InChI is InChI=1S/C26H28N4O6S/c1-36-17-26(10-11-26)37(34,35)25(8-9-25)16-29-12-13-30-21(24(29)33)7-6-20(23(30)32)22(31)28-15-19-4-2-18(14-27)3-5-19/h2-7H,8-13,15-17H2,1H3,(H,28,31). The average molecular weight is 525 g/mol. The molecule has 1 aliphatic heterocycles. The van der Waals surface area contributed by atoms with Gasteiger partial charge in [-0.25, -0.2) is 8.42 Å². The number of ether oxygens (including phenoxy) is 1. The maximum atomic E-state index is 13.5. The van der Waals surface area contributed by atoms with Crippen LogP contribution in [0.2, 0.25) is 0 Å². The van der Waals surface area contributed by atoms with Crippen molar-refractivity contribution in [3.63, 3.8) is 0 Å². The van der Waals surface area contributed by atoms with Gasteiger partial charge in [-0.1, -0.05) is 12.1 Å². The van der Waals surface area contributed by atoms with Crippen molar-refractivity contribution in [3.05, 3.63) is 69.1 Å². The second-order valence-corrected chi connectivity index (χ2v) is 12.8. The molecule has 1 aromatic carbocycles. The van der Waals surface area contributed by atoms with Crippen LogP contribution in [0.3, 0.4) is 0 Å². The molecule has 3 aliphatic rings. The Morgan fingerprint density at radius 1 is 1.05 bits per heavy atom. The Balaban J connectivity index is 1.29. The maximum Gasteiger partial charge on any atom is 0.270 e. The van der Waals surface area contributed by atoms with E-state index >= 15 is 0 Å². The lowest BCUT2D eigenvalue weighted by atomic mass is 10.1. The second-order valence-electron chi connectivity index (χ2n) is 10.1. The molecule has 1 aromatic heterocycles. The first-order chi connectivity index (χ1) is 17.7. The predicted molar refractivity (Wildman–Crippen MR) is 134 cm³/mol. The molecule has 10 nitrogen and oxygen atoms in total. The fourth-order valence-electron chi connectivity index (χ4n) is 5.12. The van der Waals surface area contributed by atoms with Crippen LogP contribution >= 0.6 is 0 Å². The van der Waals surface area contributed by atoms with Crippen molar-refractivity contribution in [2.24, 2.45) is 0 Å². The Morgan fingerprint density at radius 3 is 2.32 bits per heavy atom. The van der Waals surface area contributed by atoms with Gasteiger partial charge in [0.25, 0.3) is 17.4 Å². The van der Waals surface area contributed by atoms with Crippen LogP contribution in [-0.4, -0.2) is 66.0 Å². The van der Waals surface area contributed by atoms with Gasteiger partial charge in [-0.3, -0.25) is 14.4 Å². The topological polar surface area (TPSA) is 139 Å². The van der Waals surface area contributed by atoms with Crippen LogP contribution in [0.5, 0.6) is 0 Å². The van der Waals surface area contributed by atoms with E-state index in [1.165, 1.54) is 28.7 Å². The molecule has 0 radical (unpaired) electrons. The van der Waals surface area contributed by atoms with Crippen molar-refractivity contribution in [3.8, 4) is 6.07 Å². The number of hydrogen-bond donors (Lipinski definition) is 1. The summed E-state index contributed by atoms with van der Waals surface area (Å²) < 4.78 is 31.6. The van der Waals surface area contributed by atoms with Crippen LogP contribution in [0, 0.1) is 11.3 Å². The number of rotatable bonds is 9. The zero-order valence-corrected chi connectivity index (χ0v) is 21.3. The van der Waals surface area contributed by atoms with Crippen LogP contribution in [0.1, 0.15) is 57.7 Å². The van der Waals surface area contributed by atoms with E-state index in [4.69, 9.17) is 10.00 Å². The zero-order chi connectivity index (χ0) is 26.4. The summed E-state index contributed by atoms with van der Waals surface area (Å²) in [5, 5.41) is 11.6. The summed E-state index contributed by atoms with van der Waals surface area (Å²) in [6.07, 6.45) is 2.17. The third-order valence-electron chi connectivity index (χ3n) is 7.70. The molecular formula is C26H28N4O6S. The van der Waals surface area contributed by atoms with Gasteiger partial charge in [0.2, 0.25) is 0 Å². The van der Waals surface area contributed by atoms with Gasteiger partial charge in [0.15, 0.2) is 9.84 Å². The van der Waals surface area contributed by atoms with Crippen molar-refractivity contribution in [1.29, 1.82) is 5.26 Å². The molecule has 0 unspecified atom stereocenters. The minimum absolute atomic E-state index is 0.0740. The zero-order valence-electron chi connectivity index (χ0n) is 20.5. The number of nitriles is 1. The first kappa shape index (κ1) is 25.2. The highest BCUT2D eigenvalue weighted by Gasteiger charge is 2.67. The van der Waals surface area contributed by atoms with Crippen molar-refractivity contribution in [2.45, 2.75) is 48.3 Å². The minimum atomic E-state index is -3.49. The first-order valence-corrected chi connectivity index (χ1v) is 13.7. The molecule has 0 bridgehead atoms. The Kier molecular flexibility index (Phi) is 6.20. The number of pyridine rings is 1. The van der Waals surface area contributed by atoms with Gasteiger partial charge in [0.1, 0.15) is 11.3 Å². The van der Waals surface area contributed by atoms with Gasteiger partial charge in [-0.05, 0) is 55.5 Å². The molecule has 0 saturated heterocycles. The second kappa shape index (κ2) is 9.11. The summed E-state index contributed by atoms with van der Waals surface area (Å²) >= 11 is 0. The van der Waals surface area contributed by atoms with E-state index in [-0.39, 0.29) is 44.0 Å². The molecule has 2 aliphatic carbocycles. The number of carbonyl (C=O) groups excluding carboxylic acids is 2. The van der Waals surface area contributed by atoms with Crippen LogP contribution in [0.25, 0.3) is 0 Å². The van der Waals surface area contributed by atoms with Crippen LogP contribution in [-0.2, 0) is 27.7 Å². The summed E-state index contributed by atoms with van der Waals surface area (Å²) in [6, 6.07) is 11.6. The third-order valence-corrected chi connectivity index (χ3v) is 11.0. The summed E-state index contributed by atoms with van der Waals surface area (Å²) in [5.74, 6) is -0.971. The summed E-state index contributed by atoms with van der Waals surface area (Å²) in [4.78, 5) is 40.5. The van der Waals surface area contributed by atoms with Crippen LogP contribution in [0.15, 0.2) is 41.2 Å². The molecule has 0 atom stereocenters. The highest BCUT2D eigenvalue weighted by molar-refractivity contribution is 7.94. The average Bonchev–Trinajstić information content (AvgIpc) is 3.82. The van der Waals surface area contributed by atoms with Crippen LogP contribution < -0.4 is 10.9 Å². The molecule has 11 heteroatoms. The summed E-state index contributed by atoms with van der Waals surface area (Å²) in [5.41, 5.74) is 0.794. The minimum Gasteiger partial charge on any atom is -0.383 e. The highest BCUT2D eigenvalue weighted by Crippen LogP contribution is 2.56. The van der Waals surface area contributed by atoms with Gasteiger partial charge in [0.05, 0.1) is 27.7 Å². The van der Waals surface area contributed by atoms with E-state index in [1.54, 1.807) is 24.3 Å². The number of nitrogens with one attached hydrogen (secondary N) is 1. The van der Waals surface area contributed by atoms with E-state index < -0.39 is 36.7 Å². The fourth-order valence-corrected chi connectivity index (χ4v) is 7.92. The lowest BCUT2D eigenvalue weighted by molar-refractivity contribution is 0.0694. The van der Waals surface area contributed by atoms with Gasteiger partial charge in [-0.2, -0.15) is 5.26 Å². The quantitative estimate of drug-likeness (QED) is 0.521. The molecule has 2 saturated carbocycles. The molecule has 2 fully saturated rings. The number of methoxy groups -OCH3 is 1. The normalized spacial score (nSPS) is 19.0. The fraction of sp³-hybridized carbons (Fsp3) is 0.462. The Bertz CT molecular complexity index is 1460. The Hall–Kier alpha value is -3.49. The van der Waals surface area contributed by atoms with E-state index in [0.29, 0.717) is 31.2 Å². The van der Waals surface area contributed by atoms with Crippen molar-refractivity contribution in [2.75, 3.05) is 26.8 Å². The van der Waals surface area contributed by atoms with Crippen molar-refractivity contribution < 1.29 is 22.7 Å². The largest absolute Gasteiger partial charge is 0.383 e. The number of nitrogens with zero attached hydrogens (tertiary/aromatic N) is 3. The molecule has 37 heavy (non-hydrogen) atoms. The van der Waals surface area contributed by atoms with Crippen molar-refractivity contribution in [1.82, 2.24) is 14.8 Å². The Labute approximate surface area is 214 Å². The molecule has 2 heterocycles. The molecular weight excluding hydrogens is 496 g/mol. The molecule has 1 N–H and O–H groups in total. The number of aromatic nitrogens is 1. The number of fused-ring (bicyclic) bond motifs is 1. The van der Waals surface area contributed by atoms with Crippen molar-refractivity contribution >= 4 is 21.7 Å². The molecule has 2 aromatic rings. The Morgan fingerprint density at radius 2 is 1.73 bits per heavy atom. The number of sulfone groups is 1. The smallest absolute Gasteiger partial charge is 0.270 e. The van der Waals surface area contributed by atoms with Gasteiger partial charge in [0, 0.05) is 33.3 Å². The number of hydrogen-bond acceptors (Lipinski definition) is 7. The lowest BCUT2D eigenvalue weighted by Gasteiger charge is -2.34. The van der Waals surface area contributed by atoms with Gasteiger partial charge < -0.3 is 19.5 Å². The van der Waals surface area contributed by atoms with E-state index in [9.17, 15) is 22.8 Å². The third kappa shape index (κ3) is 4.24. The first-order valence-electron chi connectivity index (χ1n) is 12.2. The highest BCUT2D eigenvalue weighted by atomic mass is 32.2. The molecule has 0 spiro atoms. The summed E-state index contributed by atoms with van der Waals surface area (Å²) in [6.45, 7) is 0.812. The molecule has 5 rings (SSSR count). The van der Waals surface area contributed by atoms with E-state index in [0.717, 1.165) is 5.56 Å². The molecule has 194 valence electrons. The maximum absolute atomic E-state index is 13.5. The summed E-state index contributed by atoms with van der Waals surface area (Å²) in [7, 11) is -1.99. The van der Waals surface area contributed by atoms with E-state index in [1.807, 2.05) is 6.07 Å². The SMILES string of the molecule is COCC1(S(=O)(=O)C2(CN3CCn4c(ccc(C(=O)NCc5ccc(C#N)cc5)c4=O)C3=O)CC2)CC1. The predicted octanol–water partition coefficient (Wildman–Crippen LogP) is 1.23. The van der Waals surface area contributed by atoms with E-state index in [2.05, 4.69) is 5.32 Å².